The number of nitrogens with one attached hydrogen (secondary N) is 1. The Morgan fingerprint density at radius 3 is 2.79 bits per heavy atom. The van der Waals surface area contributed by atoms with E-state index in [1.165, 1.54) is 31.0 Å². The molecule has 1 N–H and O–H groups in total. The van der Waals surface area contributed by atoms with E-state index >= 15 is 0 Å². The van der Waals surface area contributed by atoms with Crippen LogP contribution in [-0.2, 0) is 4.79 Å². The van der Waals surface area contributed by atoms with Gasteiger partial charge in [-0.2, -0.15) is 0 Å². The highest BCUT2D eigenvalue weighted by molar-refractivity contribution is 8.03. The number of rotatable bonds is 5. The third-order valence-electron chi connectivity index (χ3n) is 3.35. The molecule has 1 aromatic heterocycles. The first kappa shape index (κ1) is 15.1. The van der Waals surface area contributed by atoms with E-state index in [0.29, 0.717) is 17.7 Å². The number of carbonyl (C=O) groups is 1. The third kappa shape index (κ3) is 4.65. The molecule has 0 saturated heterocycles. The predicted octanol–water partition coefficient (Wildman–Crippen LogP) is 3.05. The Morgan fingerprint density at radius 1 is 1.37 bits per heavy atom. The van der Waals surface area contributed by atoms with Crippen LogP contribution in [0.5, 0.6) is 0 Å². The van der Waals surface area contributed by atoms with Gasteiger partial charge in [0.1, 0.15) is 0 Å². The second-order valence-electron chi connectivity index (χ2n) is 4.76. The van der Waals surface area contributed by atoms with Crippen molar-refractivity contribution in [2.75, 3.05) is 12.0 Å². The average molecular weight is 318 g/mol. The molecule has 7 heteroatoms. The molecule has 106 valence electrons. The number of carbonyl (C=O) groups excluding carboxylic acids is 1. The number of nitrogens with zero attached hydrogens (tertiary/aromatic N) is 2. The van der Waals surface area contributed by atoms with E-state index in [-0.39, 0.29) is 5.91 Å². The summed E-state index contributed by atoms with van der Waals surface area (Å²) in [7, 11) is 0. The highest BCUT2D eigenvalue weighted by Crippen LogP contribution is 2.27. The molecule has 0 bridgehead atoms. The van der Waals surface area contributed by atoms with Gasteiger partial charge in [-0.25, -0.2) is 0 Å². The highest BCUT2D eigenvalue weighted by Gasteiger charge is 2.22. The summed E-state index contributed by atoms with van der Waals surface area (Å²) in [6, 6.07) is 0.359. The molecule has 0 unspecified atom stereocenters. The van der Waals surface area contributed by atoms with Crippen molar-refractivity contribution in [1.82, 2.24) is 15.5 Å². The molecule has 1 aliphatic rings. The maximum absolute atomic E-state index is 11.9. The normalized spacial score (nSPS) is 23.3. The Bertz CT molecular complexity index is 424. The van der Waals surface area contributed by atoms with Gasteiger partial charge in [0.25, 0.3) is 0 Å². The zero-order valence-electron chi connectivity index (χ0n) is 11.2. The molecule has 1 aromatic rings. The predicted molar refractivity (Wildman–Crippen MR) is 82.0 cm³/mol. The van der Waals surface area contributed by atoms with Crippen LogP contribution in [0.15, 0.2) is 8.68 Å². The molecule has 0 aliphatic heterocycles. The maximum Gasteiger partial charge on any atom is 0.230 e. The fraction of sp³-hybridized carbons (Fsp3) is 0.750. The maximum atomic E-state index is 11.9. The zero-order valence-corrected chi connectivity index (χ0v) is 13.7. The van der Waals surface area contributed by atoms with Crippen LogP contribution in [0.2, 0.25) is 0 Å². The average Bonchev–Trinajstić information content (AvgIpc) is 2.87. The molecule has 0 aromatic carbocycles. The highest BCUT2D eigenvalue weighted by atomic mass is 32.2. The Balaban J connectivity index is 1.74. The Kier molecular flexibility index (Phi) is 5.97. The molecule has 1 amide bonds. The summed E-state index contributed by atoms with van der Waals surface area (Å²) in [6.07, 6.45) is 6.85. The van der Waals surface area contributed by atoms with Crippen LogP contribution >= 0.6 is 34.9 Å². The largest absolute Gasteiger partial charge is 0.352 e. The van der Waals surface area contributed by atoms with Gasteiger partial charge in [0.05, 0.1) is 5.75 Å². The molecule has 2 atom stereocenters. The number of amides is 1. The monoisotopic (exact) mass is 317 g/mol. The molecular weight excluding hydrogens is 298 g/mol. The molecule has 1 saturated carbocycles. The van der Waals surface area contributed by atoms with Gasteiger partial charge in [-0.1, -0.05) is 54.6 Å². The van der Waals surface area contributed by atoms with Crippen LogP contribution in [0.1, 0.15) is 32.6 Å². The van der Waals surface area contributed by atoms with E-state index in [2.05, 4.69) is 22.4 Å². The SMILES string of the molecule is CSc1nnc(SCC(=O)N[C@@H]2CCCC[C@@H]2C)s1. The van der Waals surface area contributed by atoms with Crippen molar-refractivity contribution in [3.05, 3.63) is 0 Å². The van der Waals surface area contributed by atoms with Crippen LogP contribution in [-0.4, -0.2) is 34.2 Å². The summed E-state index contributed by atoms with van der Waals surface area (Å²) in [5, 5.41) is 11.2. The fourth-order valence-electron chi connectivity index (χ4n) is 2.24. The van der Waals surface area contributed by atoms with Crippen molar-refractivity contribution >= 4 is 40.8 Å². The summed E-state index contributed by atoms with van der Waals surface area (Å²) in [5.41, 5.74) is 0. The lowest BCUT2D eigenvalue weighted by molar-refractivity contribution is -0.119. The molecule has 1 heterocycles. The van der Waals surface area contributed by atoms with Gasteiger partial charge in [0.2, 0.25) is 5.91 Å². The number of thioether (sulfide) groups is 2. The molecule has 0 radical (unpaired) electrons. The number of hydrogen-bond acceptors (Lipinski definition) is 6. The van der Waals surface area contributed by atoms with E-state index in [9.17, 15) is 4.79 Å². The lowest BCUT2D eigenvalue weighted by Gasteiger charge is -2.29. The first-order valence-electron chi connectivity index (χ1n) is 6.48. The Hall–Kier alpha value is -0.270. The molecule has 4 nitrogen and oxygen atoms in total. The van der Waals surface area contributed by atoms with Crippen molar-refractivity contribution < 1.29 is 4.79 Å². The lowest BCUT2D eigenvalue weighted by Crippen LogP contribution is -2.41. The Labute approximate surface area is 126 Å². The van der Waals surface area contributed by atoms with Gasteiger partial charge in [-0.05, 0) is 25.0 Å². The lowest BCUT2D eigenvalue weighted by atomic mass is 9.86. The Morgan fingerprint density at radius 2 is 2.11 bits per heavy atom. The van der Waals surface area contributed by atoms with E-state index in [1.54, 1.807) is 23.1 Å². The van der Waals surface area contributed by atoms with Gasteiger partial charge in [-0.3, -0.25) is 4.79 Å². The summed E-state index contributed by atoms with van der Waals surface area (Å²) in [6.45, 7) is 2.23. The van der Waals surface area contributed by atoms with Crippen LogP contribution < -0.4 is 5.32 Å². The summed E-state index contributed by atoms with van der Waals surface area (Å²) in [4.78, 5) is 11.9. The van der Waals surface area contributed by atoms with Crippen molar-refractivity contribution in [3.8, 4) is 0 Å². The van der Waals surface area contributed by atoms with E-state index in [0.717, 1.165) is 15.1 Å². The first-order chi connectivity index (χ1) is 9.19. The molecule has 0 spiro atoms. The number of hydrogen-bond donors (Lipinski definition) is 1. The molecule has 1 fully saturated rings. The van der Waals surface area contributed by atoms with Crippen molar-refractivity contribution in [1.29, 1.82) is 0 Å². The molecule has 19 heavy (non-hydrogen) atoms. The van der Waals surface area contributed by atoms with Crippen LogP contribution in [0.3, 0.4) is 0 Å². The minimum Gasteiger partial charge on any atom is -0.352 e. The summed E-state index contributed by atoms with van der Waals surface area (Å²) < 4.78 is 1.82. The minimum atomic E-state index is 0.115. The van der Waals surface area contributed by atoms with E-state index < -0.39 is 0 Å². The van der Waals surface area contributed by atoms with E-state index in [4.69, 9.17) is 0 Å². The standard InChI is InChI=1S/C12H19N3OS3/c1-8-5-3-4-6-9(8)13-10(16)7-18-12-15-14-11(17-2)19-12/h8-9H,3-7H2,1-2H3,(H,13,16)/t8-,9+/m0/s1. The summed E-state index contributed by atoms with van der Waals surface area (Å²) >= 11 is 4.60. The van der Waals surface area contributed by atoms with Gasteiger partial charge < -0.3 is 5.32 Å². The topological polar surface area (TPSA) is 54.9 Å². The van der Waals surface area contributed by atoms with Crippen LogP contribution in [0.25, 0.3) is 0 Å². The van der Waals surface area contributed by atoms with Crippen molar-refractivity contribution in [2.24, 2.45) is 5.92 Å². The van der Waals surface area contributed by atoms with Gasteiger partial charge in [0, 0.05) is 6.04 Å². The first-order valence-corrected chi connectivity index (χ1v) is 9.51. The fourth-order valence-corrected chi connectivity index (χ4v) is 4.49. The minimum absolute atomic E-state index is 0.115. The van der Waals surface area contributed by atoms with Crippen molar-refractivity contribution in [2.45, 2.75) is 47.3 Å². The smallest absolute Gasteiger partial charge is 0.230 e. The quantitative estimate of drug-likeness (QED) is 0.846. The molecular formula is C12H19N3OS3. The molecule has 1 aliphatic carbocycles. The van der Waals surface area contributed by atoms with Gasteiger partial charge in [0.15, 0.2) is 8.68 Å². The number of aromatic nitrogens is 2. The van der Waals surface area contributed by atoms with E-state index in [1.807, 2.05) is 6.26 Å². The van der Waals surface area contributed by atoms with Crippen molar-refractivity contribution in [3.63, 3.8) is 0 Å². The second-order valence-corrected chi connectivity index (χ2v) is 8.02. The van der Waals surface area contributed by atoms with Crippen LogP contribution in [0.4, 0.5) is 0 Å². The third-order valence-corrected chi connectivity index (χ3v) is 6.38. The van der Waals surface area contributed by atoms with Crippen LogP contribution in [0, 0.1) is 5.92 Å². The molecule has 2 rings (SSSR count). The summed E-state index contributed by atoms with van der Waals surface area (Å²) in [5.74, 6) is 1.16. The zero-order chi connectivity index (χ0) is 13.7. The van der Waals surface area contributed by atoms with Gasteiger partial charge >= 0.3 is 0 Å². The van der Waals surface area contributed by atoms with Gasteiger partial charge in [-0.15, -0.1) is 10.2 Å². The second kappa shape index (κ2) is 7.50.